The van der Waals surface area contributed by atoms with E-state index in [-0.39, 0.29) is 12.4 Å². The second-order valence-electron chi connectivity index (χ2n) is 6.05. The van der Waals surface area contributed by atoms with E-state index in [9.17, 15) is 8.78 Å². The standard InChI is InChI=1S/C16H23F2N3.ClH/c17-14-2-1-3-15(16(14)18)21-10-8-20(9-11-21)12-13-4-6-19-7-5-13;/h1-3,13,19H,4-12H2;1H. The molecule has 0 aromatic heterocycles. The number of anilines is 1. The molecule has 0 amide bonds. The van der Waals surface area contributed by atoms with Crippen LogP contribution >= 0.6 is 12.4 Å². The highest BCUT2D eigenvalue weighted by Gasteiger charge is 2.23. The number of hydrogen-bond donors (Lipinski definition) is 1. The predicted molar refractivity (Wildman–Crippen MR) is 87.9 cm³/mol. The molecule has 2 saturated heterocycles. The van der Waals surface area contributed by atoms with Crippen molar-refractivity contribution in [3.63, 3.8) is 0 Å². The Kier molecular flexibility index (Phi) is 6.41. The SMILES string of the molecule is Cl.Fc1cccc(N2CCN(CC3CCNCC3)CC2)c1F. The number of nitrogens with one attached hydrogen (secondary N) is 1. The summed E-state index contributed by atoms with van der Waals surface area (Å²) in [5.74, 6) is -0.697. The Bertz CT molecular complexity index is 472. The van der Waals surface area contributed by atoms with Crippen molar-refractivity contribution >= 4 is 18.1 Å². The van der Waals surface area contributed by atoms with E-state index in [1.807, 2.05) is 4.90 Å². The average Bonchev–Trinajstić information content (AvgIpc) is 2.52. The Morgan fingerprint density at radius 3 is 2.41 bits per heavy atom. The van der Waals surface area contributed by atoms with Gasteiger partial charge in [0, 0.05) is 32.7 Å². The van der Waals surface area contributed by atoms with Crippen molar-refractivity contribution in [1.82, 2.24) is 10.2 Å². The smallest absolute Gasteiger partial charge is 0.182 e. The first-order valence-electron chi connectivity index (χ1n) is 7.86. The third-order valence-corrected chi connectivity index (χ3v) is 4.62. The molecule has 1 aromatic carbocycles. The zero-order chi connectivity index (χ0) is 14.7. The number of rotatable bonds is 3. The zero-order valence-electron chi connectivity index (χ0n) is 12.7. The lowest BCUT2D eigenvalue weighted by molar-refractivity contribution is 0.196. The maximum absolute atomic E-state index is 13.8. The molecule has 0 aliphatic carbocycles. The molecule has 124 valence electrons. The Labute approximate surface area is 137 Å². The predicted octanol–water partition coefficient (Wildman–Crippen LogP) is 2.51. The molecular formula is C16H24ClF2N3. The number of halogens is 3. The normalized spacial score (nSPS) is 20.7. The van der Waals surface area contributed by atoms with E-state index >= 15 is 0 Å². The first kappa shape index (κ1) is 17.4. The van der Waals surface area contributed by atoms with Crippen molar-refractivity contribution < 1.29 is 8.78 Å². The van der Waals surface area contributed by atoms with Crippen molar-refractivity contribution in [2.24, 2.45) is 5.92 Å². The van der Waals surface area contributed by atoms with Gasteiger partial charge in [0.15, 0.2) is 11.6 Å². The van der Waals surface area contributed by atoms with Crippen LogP contribution in [-0.2, 0) is 0 Å². The lowest BCUT2D eigenvalue weighted by Crippen LogP contribution is -2.48. The van der Waals surface area contributed by atoms with Crippen LogP contribution in [0.2, 0.25) is 0 Å². The van der Waals surface area contributed by atoms with Crippen molar-refractivity contribution in [2.45, 2.75) is 12.8 Å². The molecule has 2 aliphatic rings. The van der Waals surface area contributed by atoms with Gasteiger partial charge in [0.25, 0.3) is 0 Å². The molecule has 0 atom stereocenters. The maximum Gasteiger partial charge on any atom is 0.182 e. The van der Waals surface area contributed by atoms with Gasteiger partial charge in [0.1, 0.15) is 0 Å². The number of benzene rings is 1. The van der Waals surface area contributed by atoms with E-state index in [4.69, 9.17) is 0 Å². The highest BCUT2D eigenvalue weighted by Crippen LogP contribution is 2.23. The van der Waals surface area contributed by atoms with Crippen molar-refractivity contribution in [3.8, 4) is 0 Å². The van der Waals surface area contributed by atoms with E-state index in [1.54, 1.807) is 12.1 Å². The Morgan fingerprint density at radius 2 is 1.73 bits per heavy atom. The van der Waals surface area contributed by atoms with E-state index in [1.165, 1.54) is 18.9 Å². The monoisotopic (exact) mass is 331 g/mol. The van der Waals surface area contributed by atoms with Crippen LogP contribution in [0.15, 0.2) is 18.2 Å². The summed E-state index contributed by atoms with van der Waals surface area (Å²) in [6.07, 6.45) is 2.50. The molecule has 2 heterocycles. The van der Waals surface area contributed by atoms with Gasteiger partial charge in [-0.15, -0.1) is 12.4 Å². The van der Waals surface area contributed by atoms with Crippen LogP contribution in [0.25, 0.3) is 0 Å². The quantitative estimate of drug-likeness (QED) is 0.918. The van der Waals surface area contributed by atoms with Crippen LogP contribution in [0.1, 0.15) is 12.8 Å². The maximum atomic E-state index is 13.8. The molecule has 0 spiro atoms. The summed E-state index contributed by atoms with van der Waals surface area (Å²) in [7, 11) is 0. The Balaban J connectivity index is 0.00000176. The molecule has 1 aromatic rings. The lowest BCUT2D eigenvalue weighted by Gasteiger charge is -2.38. The number of hydrogen-bond acceptors (Lipinski definition) is 3. The summed E-state index contributed by atoms with van der Waals surface area (Å²) in [6, 6.07) is 4.42. The summed E-state index contributed by atoms with van der Waals surface area (Å²) in [5.41, 5.74) is 0.400. The van der Waals surface area contributed by atoms with Gasteiger partial charge in [0.05, 0.1) is 5.69 Å². The molecule has 2 fully saturated rings. The number of piperazine rings is 1. The summed E-state index contributed by atoms with van der Waals surface area (Å²) in [4.78, 5) is 4.42. The summed E-state index contributed by atoms with van der Waals surface area (Å²) in [5, 5.41) is 3.39. The topological polar surface area (TPSA) is 18.5 Å². The fraction of sp³-hybridized carbons (Fsp3) is 0.625. The molecular weight excluding hydrogens is 308 g/mol. The largest absolute Gasteiger partial charge is 0.367 e. The van der Waals surface area contributed by atoms with Crippen molar-refractivity contribution in [2.75, 3.05) is 50.7 Å². The number of nitrogens with zero attached hydrogens (tertiary/aromatic N) is 2. The second-order valence-corrected chi connectivity index (χ2v) is 6.05. The van der Waals surface area contributed by atoms with E-state index < -0.39 is 11.6 Å². The fourth-order valence-electron chi connectivity index (χ4n) is 3.34. The molecule has 0 unspecified atom stereocenters. The van der Waals surface area contributed by atoms with Gasteiger partial charge >= 0.3 is 0 Å². The molecule has 22 heavy (non-hydrogen) atoms. The van der Waals surface area contributed by atoms with Gasteiger partial charge in [-0.1, -0.05) is 6.07 Å². The van der Waals surface area contributed by atoms with Crippen LogP contribution in [0.4, 0.5) is 14.5 Å². The Hall–Kier alpha value is -0.910. The second kappa shape index (κ2) is 8.09. The van der Waals surface area contributed by atoms with Gasteiger partial charge in [-0.05, 0) is 44.0 Å². The van der Waals surface area contributed by atoms with E-state index in [2.05, 4.69) is 10.2 Å². The van der Waals surface area contributed by atoms with Crippen LogP contribution in [-0.4, -0.2) is 50.7 Å². The highest BCUT2D eigenvalue weighted by atomic mass is 35.5. The molecule has 6 heteroatoms. The van der Waals surface area contributed by atoms with Gasteiger partial charge in [-0.2, -0.15) is 0 Å². The Morgan fingerprint density at radius 1 is 1.05 bits per heavy atom. The average molecular weight is 332 g/mol. The fourth-order valence-corrected chi connectivity index (χ4v) is 3.34. The van der Waals surface area contributed by atoms with Crippen molar-refractivity contribution in [1.29, 1.82) is 0 Å². The lowest BCUT2D eigenvalue weighted by atomic mass is 9.97. The molecule has 2 aliphatic heterocycles. The molecule has 0 bridgehead atoms. The van der Waals surface area contributed by atoms with Crippen LogP contribution in [0.5, 0.6) is 0 Å². The number of piperidine rings is 1. The molecule has 3 rings (SSSR count). The highest BCUT2D eigenvalue weighted by molar-refractivity contribution is 5.85. The minimum atomic E-state index is -0.760. The third kappa shape index (κ3) is 4.09. The van der Waals surface area contributed by atoms with Gasteiger partial charge < -0.3 is 10.2 Å². The van der Waals surface area contributed by atoms with Crippen LogP contribution < -0.4 is 10.2 Å². The zero-order valence-corrected chi connectivity index (χ0v) is 13.5. The molecule has 0 saturated carbocycles. The minimum absolute atomic E-state index is 0. The molecule has 0 radical (unpaired) electrons. The molecule has 3 nitrogen and oxygen atoms in total. The van der Waals surface area contributed by atoms with E-state index in [0.717, 1.165) is 51.7 Å². The first-order valence-corrected chi connectivity index (χ1v) is 7.86. The van der Waals surface area contributed by atoms with Gasteiger partial charge in [0.2, 0.25) is 0 Å². The van der Waals surface area contributed by atoms with Gasteiger partial charge in [-0.3, -0.25) is 4.90 Å². The van der Waals surface area contributed by atoms with Crippen LogP contribution in [0, 0.1) is 17.6 Å². The molecule has 1 N–H and O–H groups in total. The summed E-state index contributed by atoms with van der Waals surface area (Å²) < 4.78 is 27.1. The van der Waals surface area contributed by atoms with Gasteiger partial charge in [-0.25, -0.2) is 8.78 Å². The summed E-state index contributed by atoms with van der Waals surface area (Å²) >= 11 is 0. The minimum Gasteiger partial charge on any atom is -0.367 e. The third-order valence-electron chi connectivity index (χ3n) is 4.62. The summed E-state index contributed by atoms with van der Waals surface area (Å²) in [6.45, 7) is 6.79. The van der Waals surface area contributed by atoms with Crippen molar-refractivity contribution in [3.05, 3.63) is 29.8 Å². The van der Waals surface area contributed by atoms with Crippen LogP contribution in [0.3, 0.4) is 0 Å². The first-order chi connectivity index (χ1) is 10.2. The van der Waals surface area contributed by atoms with E-state index in [0.29, 0.717) is 5.69 Å².